The van der Waals surface area contributed by atoms with Gasteiger partial charge in [0, 0.05) is 29.6 Å². The lowest BCUT2D eigenvalue weighted by molar-refractivity contribution is -0.140. The van der Waals surface area contributed by atoms with Crippen LogP contribution in [0.3, 0.4) is 0 Å². The summed E-state index contributed by atoms with van der Waals surface area (Å²) in [5.74, 6) is -0.941. The Balaban J connectivity index is -0.00000364. The predicted octanol–water partition coefficient (Wildman–Crippen LogP) is 4.21. The number of nitrogens with zero attached hydrogens (tertiary/aromatic N) is 6. The molecule has 0 aromatic heterocycles. The molecule has 0 aromatic carbocycles. The van der Waals surface area contributed by atoms with Crippen molar-refractivity contribution in [3.63, 3.8) is 0 Å². The highest BCUT2D eigenvalue weighted by Crippen LogP contribution is 2.21. The van der Waals surface area contributed by atoms with E-state index in [0.717, 1.165) is 0 Å². The highest BCUT2D eigenvalue weighted by molar-refractivity contribution is 5.66. The van der Waals surface area contributed by atoms with Crippen LogP contribution in [0.15, 0.2) is 10.2 Å². The Labute approximate surface area is 179 Å². The van der Waals surface area contributed by atoms with Crippen LogP contribution in [0.5, 0.6) is 0 Å². The van der Waals surface area contributed by atoms with E-state index in [1.54, 1.807) is 6.92 Å². The smallest absolute Gasteiger partial charge is 0.305 e. The van der Waals surface area contributed by atoms with Gasteiger partial charge in [0.25, 0.3) is 0 Å². The van der Waals surface area contributed by atoms with Gasteiger partial charge in [-0.05, 0) is 24.4 Å². The molecule has 0 heterocycles. The first kappa shape index (κ1) is 32.6. The summed E-state index contributed by atoms with van der Waals surface area (Å²) >= 11 is 0. The molecule has 0 saturated heterocycles. The molecule has 12 nitrogen and oxygen atoms in total. The average Bonchev–Trinajstić information content (AvgIpc) is 2.66. The second kappa shape index (κ2) is 21.6. The van der Waals surface area contributed by atoms with Crippen LogP contribution in [0.25, 0.3) is 20.9 Å². The van der Waals surface area contributed by atoms with Gasteiger partial charge in [0.05, 0.1) is 57.5 Å². The molecule has 0 amide bonds. The quantitative estimate of drug-likeness (QED) is 0.138. The summed E-state index contributed by atoms with van der Waals surface area (Å²) in [5, 5.41) is 15.8. The third-order valence-electron chi connectivity index (χ3n) is 3.52. The van der Waals surface area contributed by atoms with Crippen LogP contribution in [-0.2, 0) is 23.7 Å². The summed E-state index contributed by atoms with van der Waals surface area (Å²) in [6.07, 6.45) is 0.468. The van der Waals surface area contributed by atoms with Crippen LogP contribution in [0.1, 0.15) is 41.5 Å². The lowest BCUT2D eigenvalue weighted by Crippen LogP contribution is -2.42. The summed E-state index contributed by atoms with van der Waals surface area (Å²) in [5.41, 5.74) is 16.1. The summed E-state index contributed by atoms with van der Waals surface area (Å²) in [6, 6.07) is -0.326. The number of carbonyl (C=O) groups is 1. The number of ether oxygens (including phenoxy) is 4. The highest BCUT2D eigenvalue weighted by atomic mass is 16.5. The normalized spacial score (nSPS) is 12.9. The van der Waals surface area contributed by atoms with Gasteiger partial charge in [0.1, 0.15) is 0 Å². The van der Waals surface area contributed by atoms with E-state index in [-0.39, 0.29) is 60.4 Å². The van der Waals surface area contributed by atoms with Crippen molar-refractivity contribution in [3.05, 3.63) is 20.9 Å². The Kier molecular flexibility index (Phi) is 23.5. The molecule has 30 heavy (non-hydrogen) atoms. The fraction of sp³-hybridized carbons (Fsp3) is 0.944. The maximum absolute atomic E-state index is 10.7. The molecule has 0 bridgehead atoms. The Hall–Kier alpha value is -2.07. The van der Waals surface area contributed by atoms with Crippen molar-refractivity contribution >= 4 is 5.97 Å². The molecule has 0 radical (unpaired) electrons. The zero-order valence-electron chi connectivity index (χ0n) is 16.5. The van der Waals surface area contributed by atoms with Crippen LogP contribution in [0.2, 0.25) is 0 Å². The fourth-order valence-corrected chi connectivity index (χ4v) is 2.15. The predicted molar refractivity (Wildman–Crippen MR) is 114 cm³/mol. The second-order valence-electron chi connectivity index (χ2n) is 6.26. The highest BCUT2D eigenvalue weighted by Gasteiger charge is 2.32. The first-order chi connectivity index (χ1) is 13.5. The SMILES string of the molecule is C.C.CCOCC(COCCCN=[N+]=[N-])(COCCC(=O)O)COCC(C)N=[N+]=[N-]. The first-order valence-electron chi connectivity index (χ1n) is 9.07. The van der Waals surface area contributed by atoms with Gasteiger partial charge in [-0.3, -0.25) is 4.79 Å². The molecule has 0 aliphatic carbocycles. The van der Waals surface area contributed by atoms with Gasteiger partial charge in [-0.15, -0.1) is 0 Å². The van der Waals surface area contributed by atoms with E-state index in [1.165, 1.54) is 0 Å². The number of carboxylic acids is 1. The van der Waals surface area contributed by atoms with E-state index >= 15 is 0 Å². The van der Waals surface area contributed by atoms with E-state index in [4.69, 9.17) is 35.1 Å². The van der Waals surface area contributed by atoms with E-state index in [1.807, 2.05) is 6.92 Å². The molecule has 2 unspecified atom stereocenters. The Morgan fingerprint density at radius 1 is 1.03 bits per heavy atom. The summed E-state index contributed by atoms with van der Waals surface area (Å²) in [7, 11) is 0. The molecular weight excluding hydrogens is 396 g/mol. The molecule has 0 spiro atoms. The van der Waals surface area contributed by atoms with Gasteiger partial charge < -0.3 is 24.1 Å². The molecule has 0 rings (SSSR count). The molecule has 2 atom stereocenters. The van der Waals surface area contributed by atoms with Crippen LogP contribution >= 0.6 is 0 Å². The van der Waals surface area contributed by atoms with Crippen molar-refractivity contribution in [2.75, 3.05) is 59.4 Å². The van der Waals surface area contributed by atoms with Gasteiger partial charge in [-0.1, -0.05) is 32.0 Å². The largest absolute Gasteiger partial charge is 0.481 e. The molecule has 0 aromatic rings. The lowest BCUT2D eigenvalue weighted by Gasteiger charge is -2.33. The summed E-state index contributed by atoms with van der Waals surface area (Å²) in [4.78, 5) is 16.1. The fourth-order valence-electron chi connectivity index (χ4n) is 2.15. The maximum Gasteiger partial charge on any atom is 0.305 e. The molecule has 0 aliphatic rings. The lowest BCUT2D eigenvalue weighted by atomic mass is 9.92. The average molecular weight is 435 g/mol. The van der Waals surface area contributed by atoms with Crippen molar-refractivity contribution in [1.29, 1.82) is 0 Å². The first-order valence-corrected chi connectivity index (χ1v) is 9.07. The minimum Gasteiger partial charge on any atom is -0.481 e. The van der Waals surface area contributed by atoms with Crippen LogP contribution in [-0.4, -0.2) is 76.5 Å². The summed E-state index contributed by atoms with van der Waals surface area (Å²) < 4.78 is 22.5. The second-order valence-corrected chi connectivity index (χ2v) is 6.26. The van der Waals surface area contributed by atoms with Crippen LogP contribution < -0.4 is 0 Å². The van der Waals surface area contributed by atoms with Gasteiger partial charge >= 0.3 is 5.97 Å². The third-order valence-corrected chi connectivity index (χ3v) is 3.52. The Morgan fingerprint density at radius 3 is 2.20 bits per heavy atom. The van der Waals surface area contributed by atoms with Crippen molar-refractivity contribution in [2.24, 2.45) is 15.6 Å². The molecule has 0 saturated carbocycles. The van der Waals surface area contributed by atoms with Crippen molar-refractivity contribution in [3.8, 4) is 0 Å². The third kappa shape index (κ3) is 18.0. The number of hydrogen-bond acceptors (Lipinski definition) is 7. The summed E-state index contributed by atoms with van der Waals surface area (Å²) in [6.45, 7) is 6.06. The minimum atomic E-state index is -0.941. The van der Waals surface area contributed by atoms with Crippen molar-refractivity contribution < 1.29 is 28.8 Å². The molecule has 12 heteroatoms. The number of aliphatic carboxylic acids is 1. The number of azide groups is 2. The molecule has 176 valence electrons. The van der Waals surface area contributed by atoms with Gasteiger partial charge in [-0.25, -0.2) is 0 Å². The molecule has 1 N–H and O–H groups in total. The maximum atomic E-state index is 10.7. The van der Waals surface area contributed by atoms with Gasteiger partial charge in [0.15, 0.2) is 0 Å². The number of hydrogen-bond donors (Lipinski definition) is 1. The zero-order valence-corrected chi connectivity index (χ0v) is 16.5. The van der Waals surface area contributed by atoms with Crippen molar-refractivity contribution in [2.45, 2.75) is 47.6 Å². The Morgan fingerprint density at radius 2 is 1.63 bits per heavy atom. The minimum absolute atomic E-state index is 0. The van der Waals surface area contributed by atoms with Gasteiger partial charge in [0.2, 0.25) is 0 Å². The van der Waals surface area contributed by atoms with Gasteiger partial charge in [-0.2, -0.15) is 0 Å². The van der Waals surface area contributed by atoms with Crippen LogP contribution in [0, 0.1) is 5.41 Å². The van der Waals surface area contributed by atoms with E-state index in [0.29, 0.717) is 32.8 Å². The van der Waals surface area contributed by atoms with Crippen LogP contribution in [0.4, 0.5) is 0 Å². The van der Waals surface area contributed by atoms with E-state index < -0.39 is 11.4 Å². The number of rotatable bonds is 19. The van der Waals surface area contributed by atoms with E-state index in [2.05, 4.69) is 20.1 Å². The monoisotopic (exact) mass is 434 g/mol. The molecular formula is C18H38N6O6. The van der Waals surface area contributed by atoms with E-state index in [9.17, 15) is 4.79 Å². The number of carboxylic acid groups (broad SMARTS) is 1. The zero-order chi connectivity index (χ0) is 21.1. The molecule has 0 fully saturated rings. The standard InChI is InChI=1S/C16H30N6O6.2CH4/c1-3-25-10-16(12-27-8-5-15(23)24,11-26-7-4-6-19-21-17)13-28-9-14(2)20-22-18;;/h14H,3-13H2,1-2H3,(H,23,24);2*1H4. The van der Waals surface area contributed by atoms with Crippen molar-refractivity contribution in [1.82, 2.24) is 0 Å². The topological polar surface area (TPSA) is 172 Å². The molecule has 0 aliphatic heterocycles. The Bertz CT molecular complexity index is 525.